The molecule has 0 aliphatic rings. The van der Waals surface area contributed by atoms with Crippen molar-refractivity contribution < 1.29 is 12.8 Å². The Bertz CT molecular complexity index is 955. The highest BCUT2D eigenvalue weighted by Crippen LogP contribution is 2.26. The van der Waals surface area contributed by atoms with Crippen LogP contribution in [-0.2, 0) is 16.6 Å². The van der Waals surface area contributed by atoms with E-state index in [0.29, 0.717) is 11.3 Å². The summed E-state index contributed by atoms with van der Waals surface area (Å²) in [4.78, 5) is 0.201. The lowest BCUT2D eigenvalue weighted by Gasteiger charge is -2.25. The third-order valence-corrected chi connectivity index (χ3v) is 5.66. The van der Waals surface area contributed by atoms with Gasteiger partial charge >= 0.3 is 0 Å². The highest BCUT2D eigenvalue weighted by atomic mass is 32.2. The smallest absolute Gasteiger partial charge is 0.262 e. The van der Waals surface area contributed by atoms with Gasteiger partial charge in [-0.3, -0.25) is 4.31 Å². The molecular formula is C20H18FNO2S. The molecule has 3 aromatic carbocycles. The van der Waals surface area contributed by atoms with Gasteiger partial charge in [-0.25, -0.2) is 12.8 Å². The van der Waals surface area contributed by atoms with Crippen molar-refractivity contribution in [3.8, 4) is 0 Å². The first-order valence-corrected chi connectivity index (χ1v) is 9.30. The molecule has 0 aromatic heterocycles. The van der Waals surface area contributed by atoms with Crippen molar-refractivity contribution in [1.29, 1.82) is 0 Å². The number of hydrogen-bond acceptors (Lipinski definition) is 2. The lowest BCUT2D eigenvalue weighted by Crippen LogP contribution is -2.30. The van der Waals surface area contributed by atoms with Crippen molar-refractivity contribution in [3.63, 3.8) is 0 Å². The Hall–Kier alpha value is -2.66. The Morgan fingerprint density at radius 1 is 0.880 bits per heavy atom. The average molecular weight is 355 g/mol. The zero-order valence-electron chi connectivity index (χ0n) is 13.8. The van der Waals surface area contributed by atoms with E-state index >= 15 is 0 Å². The summed E-state index contributed by atoms with van der Waals surface area (Å²) in [6.07, 6.45) is 0. The number of benzene rings is 3. The molecule has 3 nitrogen and oxygen atoms in total. The number of hydrogen-bond donors (Lipinski definition) is 0. The van der Waals surface area contributed by atoms with Crippen LogP contribution >= 0.6 is 0 Å². The minimum Gasteiger partial charge on any atom is -0.262 e. The molecule has 0 radical (unpaired) electrons. The van der Waals surface area contributed by atoms with Crippen LogP contribution in [0.3, 0.4) is 0 Å². The van der Waals surface area contributed by atoms with Gasteiger partial charge in [0.25, 0.3) is 10.0 Å². The third-order valence-electron chi connectivity index (χ3n) is 3.87. The Kier molecular flexibility index (Phi) is 4.86. The first-order valence-electron chi connectivity index (χ1n) is 7.86. The fourth-order valence-electron chi connectivity index (χ4n) is 2.55. The van der Waals surface area contributed by atoms with Gasteiger partial charge in [0.1, 0.15) is 5.82 Å². The summed E-state index contributed by atoms with van der Waals surface area (Å²) in [7, 11) is -3.77. The Labute approximate surface area is 147 Å². The van der Waals surface area contributed by atoms with E-state index in [-0.39, 0.29) is 11.4 Å². The molecule has 0 fully saturated rings. The van der Waals surface area contributed by atoms with Gasteiger partial charge in [0.05, 0.1) is 17.1 Å². The van der Waals surface area contributed by atoms with Gasteiger partial charge in [0.2, 0.25) is 0 Å². The van der Waals surface area contributed by atoms with Crippen molar-refractivity contribution in [3.05, 3.63) is 95.8 Å². The molecule has 0 aliphatic heterocycles. The molecule has 0 saturated heterocycles. The number of halogens is 1. The maximum atomic E-state index is 13.5. The van der Waals surface area contributed by atoms with Gasteiger partial charge in [0.15, 0.2) is 0 Å². The largest absolute Gasteiger partial charge is 0.264 e. The number of aryl methyl sites for hydroxylation is 1. The monoisotopic (exact) mass is 355 g/mol. The zero-order valence-corrected chi connectivity index (χ0v) is 14.6. The van der Waals surface area contributed by atoms with Crippen molar-refractivity contribution in [2.24, 2.45) is 0 Å². The Balaban J connectivity index is 2.07. The minimum absolute atomic E-state index is 0.0536. The van der Waals surface area contributed by atoms with Crippen LogP contribution in [0, 0.1) is 12.7 Å². The molecule has 0 N–H and O–H groups in total. The number of nitrogens with zero attached hydrogens (tertiary/aromatic N) is 1. The molecular weight excluding hydrogens is 337 g/mol. The lowest BCUT2D eigenvalue weighted by molar-refractivity contribution is 0.589. The molecule has 0 saturated carbocycles. The maximum Gasteiger partial charge on any atom is 0.264 e. The highest BCUT2D eigenvalue weighted by molar-refractivity contribution is 7.92. The fourth-order valence-corrected chi connectivity index (χ4v) is 4.02. The van der Waals surface area contributed by atoms with Gasteiger partial charge in [0, 0.05) is 0 Å². The highest BCUT2D eigenvalue weighted by Gasteiger charge is 2.25. The molecule has 0 atom stereocenters. The van der Waals surface area contributed by atoms with Gasteiger partial charge < -0.3 is 0 Å². The van der Waals surface area contributed by atoms with Crippen LogP contribution in [-0.4, -0.2) is 8.42 Å². The van der Waals surface area contributed by atoms with Crippen molar-refractivity contribution >= 4 is 15.7 Å². The van der Waals surface area contributed by atoms with Crippen LogP contribution in [0.5, 0.6) is 0 Å². The molecule has 3 rings (SSSR count). The number of anilines is 1. The van der Waals surface area contributed by atoms with E-state index in [1.807, 2.05) is 19.1 Å². The summed E-state index contributed by atoms with van der Waals surface area (Å²) < 4.78 is 41.1. The molecule has 3 aromatic rings. The van der Waals surface area contributed by atoms with Crippen LogP contribution in [0.4, 0.5) is 10.1 Å². The van der Waals surface area contributed by atoms with E-state index in [1.165, 1.54) is 16.4 Å². The first-order chi connectivity index (χ1) is 12.0. The Morgan fingerprint density at radius 3 is 2.20 bits per heavy atom. The SMILES string of the molecule is Cc1ccc(N(Cc2cccc(F)c2)S(=O)(=O)c2ccccc2)cc1. The summed E-state index contributed by atoms with van der Waals surface area (Å²) >= 11 is 0. The minimum atomic E-state index is -3.77. The van der Waals surface area contributed by atoms with Crippen molar-refractivity contribution in [2.75, 3.05) is 4.31 Å². The summed E-state index contributed by atoms with van der Waals surface area (Å²) in [6, 6.07) is 21.5. The molecule has 0 aliphatic carbocycles. The van der Waals surface area contributed by atoms with Crippen molar-refractivity contribution in [2.45, 2.75) is 18.4 Å². The number of sulfonamides is 1. The standard InChI is InChI=1S/C20H18FNO2S/c1-16-10-12-19(13-11-16)22(15-17-6-5-7-18(21)14-17)25(23,24)20-8-3-2-4-9-20/h2-14H,15H2,1H3. The Morgan fingerprint density at radius 2 is 1.56 bits per heavy atom. The molecule has 0 spiro atoms. The van der Waals surface area contributed by atoms with E-state index in [9.17, 15) is 12.8 Å². The van der Waals surface area contributed by atoms with E-state index in [4.69, 9.17) is 0 Å². The van der Waals surface area contributed by atoms with Crippen LogP contribution < -0.4 is 4.31 Å². The molecule has 0 bridgehead atoms. The van der Waals surface area contributed by atoms with E-state index in [0.717, 1.165) is 5.56 Å². The number of rotatable bonds is 5. The quantitative estimate of drug-likeness (QED) is 0.674. The van der Waals surface area contributed by atoms with Crippen LogP contribution in [0.25, 0.3) is 0 Å². The van der Waals surface area contributed by atoms with E-state index in [1.54, 1.807) is 54.6 Å². The summed E-state index contributed by atoms with van der Waals surface area (Å²) in [6.45, 7) is 1.99. The lowest BCUT2D eigenvalue weighted by atomic mass is 10.2. The predicted octanol–water partition coefficient (Wildman–Crippen LogP) is 4.53. The second-order valence-corrected chi connectivity index (χ2v) is 7.65. The average Bonchev–Trinajstić information content (AvgIpc) is 2.61. The molecule has 128 valence electrons. The predicted molar refractivity (Wildman–Crippen MR) is 97.4 cm³/mol. The fraction of sp³-hybridized carbons (Fsp3) is 0.100. The zero-order chi connectivity index (χ0) is 17.9. The first kappa shape index (κ1) is 17.2. The summed E-state index contributed by atoms with van der Waals surface area (Å²) in [5, 5.41) is 0. The topological polar surface area (TPSA) is 37.4 Å². The molecule has 0 amide bonds. The van der Waals surface area contributed by atoms with Crippen molar-refractivity contribution in [1.82, 2.24) is 0 Å². The van der Waals surface area contributed by atoms with E-state index in [2.05, 4.69) is 0 Å². The van der Waals surface area contributed by atoms with E-state index < -0.39 is 15.8 Å². The van der Waals surface area contributed by atoms with Crippen LogP contribution in [0.15, 0.2) is 83.8 Å². The summed E-state index contributed by atoms with van der Waals surface area (Å²) in [5.74, 6) is -0.390. The second kappa shape index (κ2) is 7.07. The summed E-state index contributed by atoms with van der Waals surface area (Å²) in [5.41, 5.74) is 2.16. The normalized spacial score (nSPS) is 11.3. The van der Waals surface area contributed by atoms with Crippen LogP contribution in [0.2, 0.25) is 0 Å². The molecule has 0 heterocycles. The van der Waals surface area contributed by atoms with Gasteiger partial charge in [-0.05, 0) is 48.9 Å². The maximum absolute atomic E-state index is 13.5. The molecule has 25 heavy (non-hydrogen) atoms. The third kappa shape index (κ3) is 3.88. The molecule has 0 unspecified atom stereocenters. The molecule has 5 heteroatoms. The van der Waals surface area contributed by atoms with Crippen LogP contribution in [0.1, 0.15) is 11.1 Å². The van der Waals surface area contributed by atoms with Gasteiger partial charge in [-0.1, -0.05) is 48.0 Å². The van der Waals surface area contributed by atoms with Gasteiger partial charge in [-0.2, -0.15) is 0 Å². The van der Waals surface area contributed by atoms with Gasteiger partial charge in [-0.15, -0.1) is 0 Å². The second-order valence-electron chi connectivity index (χ2n) is 5.79.